The molecule has 1 aliphatic heterocycles. The maximum Gasteiger partial charge on any atom is 0.356 e. The quantitative estimate of drug-likeness (QED) is 0.874. The molecule has 0 spiro atoms. The highest BCUT2D eigenvalue weighted by Gasteiger charge is 2.24. The second-order valence-corrected chi connectivity index (χ2v) is 4.92. The lowest BCUT2D eigenvalue weighted by molar-refractivity contribution is 0.0690. The number of nitrogen functional groups attached to an aromatic ring is 1. The molecule has 2 aliphatic rings. The number of anilines is 1. The van der Waals surface area contributed by atoms with Gasteiger partial charge in [-0.05, 0) is 41.7 Å². The fourth-order valence-electron chi connectivity index (χ4n) is 2.39. The summed E-state index contributed by atoms with van der Waals surface area (Å²) in [5.74, 6) is -1.19. The molecule has 0 saturated heterocycles. The van der Waals surface area contributed by atoms with Gasteiger partial charge in [0.1, 0.15) is 0 Å². The van der Waals surface area contributed by atoms with Crippen molar-refractivity contribution < 1.29 is 14.6 Å². The Labute approximate surface area is 120 Å². The van der Waals surface area contributed by atoms with Gasteiger partial charge in [0, 0.05) is 0 Å². The van der Waals surface area contributed by atoms with Crippen LogP contribution in [0.25, 0.3) is 5.57 Å². The van der Waals surface area contributed by atoms with E-state index in [0.29, 0.717) is 5.69 Å². The average molecular weight is 291 g/mol. The summed E-state index contributed by atoms with van der Waals surface area (Å²) < 4.78 is 5.14. The van der Waals surface area contributed by atoms with E-state index in [1.54, 1.807) is 18.6 Å². The number of aromatic carboxylic acids is 1. The van der Waals surface area contributed by atoms with Crippen molar-refractivity contribution in [1.82, 2.24) is 4.98 Å². The topological polar surface area (TPSA) is 85.4 Å². The highest BCUT2D eigenvalue weighted by atomic mass is 35.5. The van der Waals surface area contributed by atoms with Gasteiger partial charge in [0.15, 0.2) is 5.69 Å². The van der Waals surface area contributed by atoms with Gasteiger partial charge in [-0.15, -0.1) is 0 Å². The van der Waals surface area contributed by atoms with Gasteiger partial charge in [-0.2, -0.15) is 0 Å². The number of carbonyl (C=O) groups is 1. The third-order valence-electron chi connectivity index (χ3n) is 3.34. The number of fused-ring (bicyclic) bond motifs is 1. The molecule has 0 bridgehead atoms. The summed E-state index contributed by atoms with van der Waals surface area (Å²) in [5, 5.41) is 9.10. The molecule has 1 aliphatic carbocycles. The van der Waals surface area contributed by atoms with Gasteiger partial charge in [0.2, 0.25) is 0 Å². The number of nitrogens with zero attached hydrogens (tertiary/aromatic N) is 1. The standard InChI is InChI=1S/C14H11ClN2O3/c15-12-10(16)5-11(17-13(12)14(18)19)9-2-1-7-6-20-4-3-8(7)9/h3-6H,1-2H2,(H2,16,17)(H,18,19). The molecule has 0 unspecified atom stereocenters. The monoisotopic (exact) mass is 290 g/mol. The summed E-state index contributed by atoms with van der Waals surface area (Å²) in [4.78, 5) is 15.3. The zero-order valence-corrected chi connectivity index (χ0v) is 11.1. The first-order valence-electron chi connectivity index (χ1n) is 6.02. The Morgan fingerprint density at radius 2 is 2.25 bits per heavy atom. The minimum absolute atomic E-state index is 0.0249. The van der Waals surface area contributed by atoms with E-state index >= 15 is 0 Å². The summed E-state index contributed by atoms with van der Waals surface area (Å²) in [6.07, 6.45) is 6.73. The molecule has 20 heavy (non-hydrogen) atoms. The molecular weight excluding hydrogens is 280 g/mol. The number of ether oxygens (including phenoxy) is 1. The van der Waals surface area contributed by atoms with Gasteiger partial charge in [-0.3, -0.25) is 0 Å². The lowest BCUT2D eigenvalue weighted by atomic mass is 10.0. The van der Waals surface area contributed by atoms with E-state index in [1.807, 2.05) is 6.08 Å². The second kappa shape index (κ2) is 4.68. The van der Waals surface area contributed by atoms with E-state index in [1.165, 1.54) is 0 Å². The molecular formula is C14H11ClN2O3. The number of hydrogen-bond donors (Lipinski definition) is 2. The number of pyridine rings is 1. The lowest BCUT2D eigenvalue weighted by Crippen LogP contribution is -2.06. The molecule has 3 N–H and O–H groups in total. The molecule has 0 aromatic carbocycles. The van der Waals surface area contributed by atoms with Crippen molar-refractivity contribution in [1.29, 1.82) is 0 Å². The minimum atomic E-state index is -1.19. The van der Waals surface area contributed by atoms with Crippen LogP contribution >= 0.6 is 11.6 Å². The van der Waals surface area contributed by atoms with Crippen molar-refractivity contribution in [2.45, 2.75) is 12.8 Å². The van der Waals surface area contributed by atoms with Crippen molar-refractivity contribution in [3.05, 3.63) is 52.2 Å². The fraction of sp³-hybridized carbons (Fsp3) is 0.143. The largest absolute Gasteiger partial charge is 0.476 e. The molecule has 0 amide bonds. The maximum absolute atomic E-state index is 11.2. The summed E-state index contributed by atoms with van der Waals surface area (Å²) in [6, 6.07) is 1.61. The molecule has 0 fully saturated rings. The van der Waals surface area contributed by atoms with E-state index in [4.69, 9.17) is 27.2 Å². The van der Waals surface area contributed by atoms with E-state index < -0.39 is 5.97 Å². The Hall–Kier alpha value is -2.27. The number of rotatable bonds is 2. The number of allylic oxidation sites excluding steroid dienone is 4. The zero-order chi connectivity index (χ0) is 14.3. The smallest absolute Gasteiger partial charge is 0.356 e. The Kier molecular flexibility index (Phi) is 2.99. The number of carboxylic acids is 1. The molecule has 1 aromatic heterocycles. The highest BCUT2D eigenvalue weighted by Crippen LogP contribution is 2.40. The van der Waals surface area contributed by atoms with Crippen LogP contribution in [0.15, 0.2) is 35.8 Å². The average Bonchev–Trinajstić information content (AvgIpc) is 2.85. The minimum Gasteiger partial charge on any atom is -0.476 e. The van der Waals surface area contributed by atoms with Crippen LogP contribution in [0, 0.1) is 0 Å². The summed E-state index contributed by atoms with van der Waals surface area (Å²) in [5.41, 5.74) is 9.38. The summed E-state index contributed by atoms with van der Waals surface area (Å²) >= 11 is 5.87. The van der Waals surface area contributed by atoms with E-state index in [9.17, 15) is 4.79 Å². The van der Waals surface area contributed by atoms with Crippen LogP contribution in [-0.2, 0) is 4.74 Å². The van der Waals surface area contributed by atoms with Crippen molar-refractivity contribution >= 4 is 28.8 Å². The van der Waals surface area contributed by atoms with Gasteiger partial charge in [-0.25, -0.2) is 9.78 Å². The normalized spacial score (nSPS) is 16.8. The van der Waals surface area contributed by atoms with Gasteiger partial charge >= 0.3 is 5.97 Å². The van der Waals surface area contributed by atoms with Crippen LogP contribution in [0.4, 0.5) is 5.69 Å². The van der Waals surface area contributed by atoms with Gasteiger partial charge in [-0.1, -0.05) is 11.6 Å². The predicted octanol–water partition coefficient (Wildman–Crippen LogP) is 2.99. The Morgan fingerprint density at radius 3 is 3.00 bits per heavy atom. The van der Waals surface area contributed by atoms with Crippen molar-refractivity contribution in [3.8, 4) is 0 Å². The third-order valence-corrected chi connectivity index (χ3v) is 3.73. The molecule has 102 valence electrons. The SMILES string of the molecule is Nc1cc(C2=C3C=COC=C3CC2)nc(C(=O)O)c1Cl. The molecule has 0 radical (unpaired) electrons. The molecule has 3 rings (SSSR count). The predicted molar refractivity (Wildman–Crippen MR) is 75.1 cm³/mol. The van der Waals surface area contributed by atoms with Crippen LogP contribution in [0.5, 0.6) is 0 Å². The van der Waals surface area contributed by atoms with Crippen molar-refractivity contribution in [2.24, 2.45) is 0 Å². The molecule has 2 heterocycles. The summed E-state index contributed by atoms with van der Waals surface area (Å²) in [7, 11) is 0. The molecule has 0 saturated carbocycles. The summed E-state index contributed by atoms with van der Waals surface area (Å²) in [6.45, 7) is 0. The number of nitrogens with two attached hydrogens (primary N) is 1. The Bertz CT molecular complexity index is 705. The lowest BCUT2D eigenvalue weighted by Gasteiger charge is -2.10. The van der Waals surface area contributed by atoms with Gasteiger partial charge in [0.05, 0.1) is 28.9 Å². The van der Waals surface area contributed by atoms with Crippen LogP contribution in [0.3, 0.4) is 0 Å². The third kappa shape index (κ3) is 1.96. The number of carboxylic acid groups (broad SMARTS) is 1. The van der Waals surface area contributed by atoms with E-state index in [0.717, 1.165) is 29.6 Å². The fourth-order valence-corrected chi connectivity index (χ4v) is 2.57. The Morgan fingerprint density at radius 1 is 1.45 bits per heavy atom. The van der Waals surface area contributed by atoms with Crippen molar-refractivity contribution in [2.75, 3.05) is 5.73 Å². The number of aromatic nitrogens is 1. The molecule has 6 heteroatoms. The van der Waals surface area contributed by atoms with Crippen molar-refractivity contribution in [3.63, 3.8) is 0 Å². The van der Waals surface area contributed by atoms with Crippen LogP contribution in [0.1, 0.15) is 29.0 Å². The van der Waals surface area contributed by atoms with E-state index in [2.05, 4.69) is 4.98 Å². The number of halogens is 1. The zero-order valence-electron chi connectivity index (χ0n) is 10.4. The maximum atomic E-state index is 11.2. The molecule has 1 aromatic rings. The molecule has 0 atom stereocenters. The van der Waals surface area contributed by atoms with Crippen LogP contribution in [-0.4, -0.2) is 16.1 Å². The highest BCUT2D eigenvalue weighted by molar-refractivity contribution is 6.35. The first kappa shape index (κ1) is 12.7. The first-order chi connectivity index (χ1) is 9.58. The van der Waals surface area contributed by atoms with Gasteiger partial charge in [0.25, 0.3) is 0 Å². The first-order valence-corrected chi connectivity index (χ1v) is 6.40. The van der Waals surface area contributed by atoms with E-state index in [-0.39, 0.29) is 16.4 Å². The van der Waals surface area contributed by atoms with Gasteiger partial charge < -0.3 is 15.6 Å². The van der Waals surface area contributed by atoms with Crippen LogP contribution in [0.2, 0.25) is 5.02 Å². The van der Waals surface area contributed by atoms with Crippen LogP contribution < -0.4 is 5.73 Å². The Balaban J connectivity index is 2.16. The molecule has 5 nitrogen and oxygen atoms in total. The second-order valence-electron chi connectivity index (χ2n) is 4.54. The number of hydrogen-bond acceptors (Lipinski definition) is 4.